The first kappa shape index (κ1) is 21.6. The number of ether oxygens (including phenoxy) is 2. The van der Waals surface area contributed by atoms with E-state index >= 15 is 0 Å². The van der Waals surface area contributed by atoms with Crippen LogP contribution >= 0.6 is 0 Å². The molecule has 7 nitrogen and oxygen atoms in total. The van der Waals surface area contributed by atoms with Crippen LogP contribution in [0.25, 0.3) is 0 Å². The van der Waals surface area contributed by atoms with E-state index < -0.39 is 18.0 Å². The second-order valence-corrected chi connectivity index (χ2v) is 6.74. The van der Waals surface area contributed by atoms with Gasteiger partial charge < -0.3 is 20.1 Å². The summed E-state index contributed by atoms with van der Waals surface area (Å²) in [5.74, 6) is -0.0480. The van der Waals surface area contributed by atoms with E-state index in [0.717, 1.165) is 0 Å². The molecule has 158 valence electrons. The maximum Gasteiger partial charge on any atom is 0.338 e. The Balaban J connectivity index is 1.55. The highest BCUT2D eigenvalue weighted by Crippen LogP contribution is 2.22. The summed E-state index contributed by atoms with van der Waals surface area (Å²) in [6.45, 7) is 2.86. The number of rotatable bonds is 7. The van der Waals surface area contributed by atoms with Gasteiger partial charge in [0, 0.05) is 18.3 Å². The monoisotopic (exact) mass is 418 g/mol. The smallest absolute Gasteiger partial charge is 0.338 e. The molecule has 0 heterocycles. The molecule has 0 spiro atoms. The molecule has 1 atom stereocenters. The Hall–Kier alpha value is -4.13. The van der Waals surface area contributed by atoms with Crippen LogP contribution in [0.1, 0.15) is 24.2 Å². The van der Waals surface area contributed by atoms with Crippen LogP contribution in [0.3, 0.4) is 0 Å². The van der Waals surface area contributed by atoms with Gasteiger partial charge in [-0.25, -0.2) is 4.79 Å². The van der Waals surface area contributed by atoms with Crippen LogP contribution in [0.15, 0.2) is 78.9 Å². The molecule has 2 amide bonds. The number of hydrogen-bond donors (Lipinski definition) is 2. The second kappa shape index (κ2) is 10.1. The van der Waals surface area contributed by atoms with Crippen molar-refractivity contribution in [2.24, 2.45) is 0 Å². The zero-order valence-corrected chi connectivity index (χ0v) is 17.1. The Bertz CT molecular complexity index is 1060. The topological polar surface area (TPSA) is 93.7 Å². The van der Waals surface area contributed by atoms with Crippen LogP contribution in [-0.2, 0) is 14.3 Å². The van der Waals surface area contributed by atoms with Gasteiger partial charge >= 0.3 is 5.97 Å². The van der Waals surface area contributed by atoms with E-state index in [4.69, 9.17) is 9.47 Å². The van der Waals surface area contributed by atoms with Crippen molar-refractivity contribution in [2.45, 2.75) is 20.0 Å². The third-order valence-electron chi connectivity index (χ3n) is 4.17. The second-order valence-electron chi connectivity index (χ2n) is 6.74. The van der Waals surface area contributed by atoms with E-state index in [-0.39, 0.29) is 11.5 Å². The summed E-state index contributed by atoms with van der Waals surface area (Å²) >= 11 is 0. The molecule has 0 saturated carbocycles. The van der Waals surface area contributed by atoms with Crippen LogP contribution in [0.4, 0.5) is 11.4 Å². The van der Waals surface area contributed by atoms with Gasteiger partial charge in [0.2, 0.25) is 5.91 Å². The van der Waals surface area contributed by atoms with E-state index in [9.17, 15) is 14.4 Å². The predicted molar refractivity (Wildman–Crippen MR) is 117 cm³/mol. The summed E-state index contributed by atoms with van der Waals surface area (Å²) in [5, 5.41) is 5.29. The molecule has 0 radical (unpaired) electrons. The number of anilines is 2. The van der Waals surface area contributed by atoms with E-state index in [1.807, 2.05) is 30.3 Å². The summed E-state index contributed by atoms with van der Waals surface area (Å²) in [5.41, 5.74) is 1.24. The van der Waals surface area contributed by atoms with E-state index in [1.54, 1.807) is 42.5 Å². The van der Waals surface area contributed by atoms with Gasteiger partial charge in [-0.2, -0.15) is 0 Å². The first-order valence-electron chi connectivity index (χ1n) is 9.63. The van der Waals surface area contributed by atoms with Crippen LogP contribution in [-0.4, -0.2) is 23.9 Å². The van der Waals surface area contributed by atoms with Gasteiger partial charge in [0.1, 0.15) is 11.5 Å². The minimum Gasteiger partial charge on any atom is -0.457 e. The minimum atomic E-state index is -1.02. The number of amides is 2. The number of nitrogens with one attached hydrogen (secondary N) is 2. The van der Waals surface area contributed by atoms with Gasteiger partial charge in [0.05, 0.1) is 5.56 Å². The molecular formula is C24H22N2O5. The molecule has 0 aliphatic carbocycles. The van der Waals surface area contributed by atoms with Gasteiger partial charge in [-0.05, 0) is 61.5 Å². The Morgan fingerprint density at radius 1 is 0.774 bits per heavy atom. The quantitative estimate of drug-likeness (QED) is 0.546. The van der Waals surface area contributed by atoms with E-state index in [1.165, 1.54) is 19.9 Å². The van der Waals surface area contributed by atoms with Crippen LogP contribution < -0.4 is 15.4 Å². The third kappa shape index (κ3) is 6.43. The van der Waals surface area contributed by atoms with Crippen molar-refractivity contribution in [3.63, 3.8) is 0 Å². The fourth-order valence-electron chi connectivity index (χ4n) is 2.68. The lowest BCUT2D eigenvalue weighted by Gasteiger charge is -2.14. The summed E-state index contributed by atoms with van der Waals surface area (Å²) in [6, 6.07) is 22.5. The van der Waals surface area contributed by atoms with Crippen LogP contribution in [0, 0.1) is 0 Å². The Labute approximate surface area is 180 Å². The summed E-state index contributed by atoms with van der Waals surface area (Å²) in [4.78, 5) is 35.9. The van der Waals surface area contributed by atoms with E-state index in [0.29, 0.717) is 22.9 Å². The molecule has 3 aromatic rings. The number of carbonyl (C=O) groups excluding carboxylic acids is 3. The van der Waals surface area contributed by atoms with Gasteiger partial charge in [-0.3, -0.25) is 9.59 Å². The van der Waals surface area contributed by atoms with Crippen molar-refractivity contribution < 1.29 is 23.9 Å². The highest BCUT2D eigenvalue weighted by Gasteiger charge is 2.19. The largest absolute Gasteiger partial charge is 0.457 e. The highest BCUT2D eigenvalue weighted by atomic mass is 16.5. The standard InChI is InChI=1S/C24H22N2O5/c1-16(30-24(29)18-7-6-8-20(15-18)25-17(2)27)23(28)26-19-11-13-22(14-12-19)31-21-9-4-3-5-10-21/h3-16H,1-2H3,(H,25,27)(H,26,28)/t16-/m1/s1. The number of para-hydroxylation sites is 1. The molecule has 0 bridgehead atoms. The fraction of sp³-hybridized carbons (Fsp3) is 0.125. The number of esters is 1. The molecule has 0 fully saturated rings. The zero-order chi connectivity index (χ0) is 22.2. The maximum absolute atomic E-state index is 12.4. The average molecular weight is 418 g/mol. The number of carbonyl (C=O) groups is 3. The van der Waals surface area contributed by atoms with Crippen molar-refractivity contribution in [1.82, 2.24) is 0 Å². The number of benzene rings is 3. The normalized spacial score (nSPS) is 11.2. The summed E-state index contributed by atoms with van der Waals surface area (Å²) in [6.07, 6.45) is -1.02. The molecule has 0 aliphatic rings. The lowest BCUT2D eigenvalue weighted by molar-refractivity contribution is -0.123. The predicted octanol–water partition coefficient (Wildman–Crippen LogP) is 4.62. The minimum absolute atomic E-state index is 0.230. The summed E-state index contributed by atoms with van der Waals surface area (Å²) in [7, 11) is 0. The Morgan fingerprint density at radius 3 is 2.13 bits per heavy atom. The van der Waals surface area contributed by atoms with Crippen molar-refractivity contribution in [3.05, 3.63) is 84.4 Å². The third-order valence-corrected chi connectivity index (χ3v) is 4.17. The molecule has 31 heavy (non-hydrogen) atoms. The average Bonchev–Trinajstić information content (AvgIpc) is 2.75. The lowest BCUT2D eigenvalue weighted by atomic mass is 10.2. The molecule has 3 aromatic carbocycles. The molecule has 0 unspecified atom stereocenters. The molecule has 7 heteroatoms. The van der Waals surface area contributed by atoms with Gasteiger partial charge in [-0.1, -0.05) is 24.3 Å². The van der Waals surface area contributed by atoms with E-state index in [2.05, 4.69) is 10.6 Å². The summed E-state index contributed by atoms with van der Waals surface area (Å²) < 4.78 is 11.0. The van der Waals surface area contributed by atoms with Crippen LogP contribution in [0.2, 0.25) is 0 Å². The molecule has 0 aliphatic heterocycles. The lowest BCUT2D eigenvalue weighted by Crippen LogP contribution is -2.30. The van der Waals surface area contributed by atoms with Gasteiger partial charge in [0.25, 0.3) is 5.91 Å². The van der Waals surface area contributed by atoms with Crippen molar-refractivity contribution in [3.8, 4) is 11.5 Å². The SMILES string of the molecule is CC(=O)Nc1cccc(C(=O)O[C@H](C)C(=O)Nc2ccc(Oc3ccccc3)cc2)c1. The Morgan fingerprint density at radius 2 is 1.45 bits per heavy atom. The first-order chi connectivity index (χ1) is 14.9. The number of hydrogen-bond acceptors (Lipinski definition) is 5. The zero-order valence-electron chi connectivity index (χ0n) is 17.1. The van der Waals surface area contributed by atoms with Gasteiger partial charge in [-0.15, -0.1) is 0 Å². The molecular weight excluding hydrogens is 396 g/mol. The first-order valence-corrected chi connectivity index (χ1v) is 9.63. The van der Waals surface area contributed by atoms with Crippen molar-refractivity contribution in [1.29, 1.82) is 0 Å². The fourth-order valence-corrected chi connectivity index (χ4v) is 2.68. The highest BCUT2D eigenvalue weighted by molar-refractivity contribution is 5.98. The molecule has 0 saturated heterocycles. The van der Waals surface area contributed by atoms with Crippen LogP contribution in [0.5, 0.6) is 11.5 Å². The Kier molecular flexibility index (Phi) is 7.01. The maximum atomic E-state index is 12.4. The molecule has 3 rings (SSSR count). The van der Waals surface area contributed by atoms with Crippen molar-refractivity contribution >= 4 is 29.2 Å². The van der Waals surface area contributed by atoms with Gasteiger partial charge in [0.15, 0.2) is 6.10 Å². The molecule has 2 N–H and O–H groups in total. The van der Waals surface area contributed by atoms with Crippen molar-refractivity contribution in [2.75, 3.05) is 10.6 Å². The molecule has 0 aromatic heterocycles.